The molecule has 18 heavy (non-hydrogen) atoms. The Hall–Kier alpha value is -2.47. The predicted octanol–water partition coefficient (Wildman–Crippen LogP) is 3.55. The van der Waals surface area contributed by atoms with Gasteiger partial charge in [-0.3, -0.25) is 0 Å². The number of hydrogen-bond donors (Lipinski definition) is 1. The lowest BCUT2D eigenvalue weighted by Gasteiger charge is -2.13. The Morgan fingerprint density at radius 3 is 2.28 bits per heavy atom. The molecule has 2 rings (SSSR count). The van der Waals surface area contributed by atoms with Crippen LogP contribution in [0.2, 0.25) is 0 Å². The average Bonchev–Trinajstić information content (AvgIpc) is 2.35. The summed E-state index contributed by atoms with van der Waals surface area (Å²) >= 11 is 0. The number of aryl methyl sites for hydroxylation is 2. The minimum Gasteiger partial charge on any atom is -0.455 e. The molecule has 3 nitrogen and oxygen atoms in total. The molecule has 0 amide bonds. The smallest absolute Gasteiger partial charge is 0.150 e. The third-order valence-corrected chi connectivity index (χ3v) is 2.72. The number of nitrogens with two attached hydrogens (primary N) is 1. The molecule has 0 aliphatic carbocycles. The summed E-state index contributed by atoms with van der Waals surface area (Å²) in [5, 5.41) is 8.90. The zero-order valence-electron chi connectivity index (χ0n) is 10.4. The molecule has 0 saturated carbocycles. The lowest BCUT2D eigenvalue weighted by molar-refractivity contribution is 0.477. The number of benzene rings is 2. The highest BCUT2D eigenvalue weighted by Crippen LogP contribution is 2.32. The molecule has 90 valence electrons. The van der Waals surface area contributed by atoms with Crippen LogP contribution in [0, 0.1) is 25.2 Å². The second-order valence-corrected chi connectivity index (χ2v) is 4.19. The van der Waals surface area contributed by atoms with E-state index in [0.717, 1.165) is 16.9 Å². The van der Waals surface area contributed by atoms with Crippen LogP contribution in [0.5, 0.6) is 11.5 Å². The van der Waals surface area contributed by atoms with E-state index in [1.807, 2.05) is 44.2 Å². The van der Waals surface area contributed by atoms with E-state index in [4.69, 9.17) is 15.7 Å². The zero-order valence-corrected chi connectivity index (χ0v) is 10.4. The van der Waals surface area contributed by atoms with E-state index in [-0.39, 0.29) is 0 Å². The molecular formula is C15H14N2O. The van der Waals surface area contributed by atoms with E-state index >= 15 is 0 Å². The zero-order chi connectivity index (χ0) is 13.1. The monoisotopic (exact) mass is 238 g/mol. The Morgan fingerprint density at radius 1 is 1.11 bits per heavy atom. The van der Waals surface area contributed by atoms with Crippen molar-refractivity contribution in [3.05, 3.63) is 53.1 Å². The highest BCUT2D eigenvalue weighted by Gasteiger charge is 2.09. The summed E-state index contributed by atoms with van der Waals surface area (Å²) in [5.74, 6) is 1.39. The summed E-state index contributed by atoms with van der Waals surface area (Å²) in [6.45, 7) is 3.84. The Morgan fingerprint density at radius 2 is 1.72 bits per heavy atom. The van der Waals surface area contributed by atoms with Crippen molar-refractivity contribution in [2.45, 2.75) is 13.8 Å². The summed E-state index contributed by atoms with van der Waals surface area (Å²) in [7, 11) is 0. The van der Waals surface area contributed by atoms with Gasteiger partial charge in [0.1, 0.15) is 11.5 Å². The SMILES string of the molecule is Cc1cc(C#N)cc(C)c1Oc1ccccc1N. The number of anilines is 1. The highest BCUT2D eigenvalue weighted by atomic mass is 16.5. The molecule has 0 aliphatic rings. The number of nitrogen functional groups attached to an aromatic ring is 1. The third kappa shape index (κ3) is 2.28. The topological polar surface area (TPSA) is 59.0 Å². The van der Waals surface area contributed by atoms with Crippen molar-refractivity contribution in [2.75, 3.05) is 5.73 Å². The normalized spacial score (nSPS) is 9.83. The fraction of sp³-hybridized carbons (Fsp3) is 0.133. The van der Waals surface area contributed by atoms with E-state index in [9.17, 15) is 0 Å². The number of ether oxygens (including phenoxy) is 1. The summed E-state index contributed by atoms with van der Waals surface area (Å²) < 4.78 is 5.84. The largest absolute Gasteiger partial charge is 0.455 e. The molecule has 0 spiro atoms. The molecule has 2 aromatic carbocycles. The van der Waals surface area contributed by atoms with Gasteiger partial charge in [0.2, 0.25) is 0 Å². The molecule has 0 bridgehead atoms. The molecule has 0 atom stereocenters. The summed E-state index contributed by atoms with van der Waals surface area (Å²) in [6.07, 6.45) is 0. The number of hydrogen-bond acceptors (Lipinski definition) is 3. The number of nitrogens with zero attached hydrogens (tertiary/aromatic N) is 1. The van der Waals surface area contributed by atoms with Gasteiger partial charge in [-0.15, -0.1) is 0 Å². The molecule has 0 fully saturated rings. The first-order valence-corrected chi connectivity index (χ1v) is 5.65. The van der Waals surface area contributed by atoms with Crippen LogP contribution in [0.25, 0.3) is 0 Å². The van der Waals surface area contributed by atoms with Crippen LogP contribution >= 0.6 is 0 Å². The lowest BCUT2D eigenvalue weighted by atomic mass is 10.1. The van der Waals surface area contributed by atoms with Gasteiger partial charge in [-0.1, -0.05) is 12.1 Å². The fourth-order valence-electron chi connectivity index (χ4n) is 1.86. The van der Waals surface area contributed by atoms with Gasteiger partial charge in [-0.25, -0.2) is 0 Å². The standard InChI is InChI=1S/C15H14N2O/c1-10-7-12(9-16)8-11(2)15(10)18-14-6-4-3-5-13(14)17/h3-8H,17H2,1-2H3. The molecule has 2 N–H and O–H groups in total. The predicted molar refractivity (Wildman–Crippen MR) is 71.6 cm³/mol. The van der Waals surface area contributed by atoms with Crippen LogP contribution in [-0.2, 0) is 0 Å². The number of rotatable bonds is 2. The van der Waals surface area contributed by atoms with E-state index in [0.29, 0.717) is 17.0 Å². The Kier molecular flexibility index (Phi) is 3.20. The van der Waals surface area contributed by atoms with Gasteiger partial charge >= 0.3 is 0 Å². The maximum Gasteiger partial charge on any atom is 0.150 e. The summed E-state index contributed by atoms with van der Waals surface area (Å²) in [5.41, 5.74) is 8.93. The van der Waals surface area contributed by atoms with E-state index in [2.05, 4.69) is 6.07 Å². The van der Waals surface area contributed by atoms with E-state index in [1.54, 1.807) is 6.07 Å². The second-order valence-electron chi connectivity index (χ2n) is 4.19. The minimum absolute atomic E-state index is 0.598. The quantitative estimate of drug-likeness (QED) is 0.814. The van der Waals surface area contributed by atoms with Crippen molar-refractivity contribution in [1.82, 2.24) is 0 Å². The Bertz CT molecular complexity index is 604. The first kappa shape index (κ1) is 12.0. The van der Waals surface area contributed by atoms with Crippen molar-refractivity contribution in [3.63, 3.8) is 0 Å². The van der Waals surface area contributed by atoms with Crippen molar-refractivity contribution in [1.29, 1.82) is 5.26 Å². The van der Waals surface area contributed by atoms with Gasteiger partial charge in [0, 0.05) is 0 Å². The molecule has 0 heterocycles. The second kappa shape index (κ2) is 4.80. The van der Waals surface area contributed by atoms with E-state index in [1.165, 1.54) is 0 Å². The highest BCUT2D eigenvalue weighted by molar-refractivity contribution is 5.56. The first-order chi connectivity index (χ1) is 8.61. The molecule has 0 unspecified atom stereocenters. The average molecular weight is 238 g/mol. The van der Waals surface area contributed by atoms with Crippen LogP contribution in [0.1, 0.15) is 16.7 Å². The van der Waals surface area contributed by atoms with E-state index < -0.39 is 0 Å². The van der Waals surface area contributed by atoms with Gasteiger partial charge < -0.3 is 10.5 Å². The molecule has 0 saturated heterocycles. The Balaban J connectivity index is 2.42. The first-order valence-electron chi connectivity index (χ1n) is 5.65. The Labute approximate surface area is 106 Å². The lowest BCUT2D eigenvalue weighted by Crippen LogP contribution is -1.95. The molecule has 3 heteroatoms. The van der Waals surface area contributed by atoms with Crippen LogP contribution in [-0.4, -0.2) is 0 Å². The number of nitriles is 1. The maximum absolute atomic E-state index is 8.90. The molecule has 0 aliphatic heterocycles. The van der Waals surface area contributed by atoms with Gasteiger partial charge in [-0.05, 0) is 49.2 Å². The van der Waals surface area contributed by atoms with Crippen LogP contribution in [0.15, 0.2) is 36.4 Å². The summed E-state index contributed by atoms with van der Waals surface area (Å²) in [4.78, 5) is 0. The van der Waals surface area contributed by atoms with Crippen molar-refractivity contribution in [2.24, 2.45) is 0 Å². The van der Waals surface area contributed by atoms with Gasteiger partial charge in [0.15, 0.2) is 0 Å². The minimum atomic E-state index is 0.598. The van der Waals surface area contributed by atoms with Gasteiger partial charge in [0.25, 0.3) is 0 Å². The maximum atomic E-state index is 8.90. The molecule has 0 radical (unpaired) electrons. The van der Waals surface area contributed by atoms with Crippen molar-refractivity contribution >= 4 is 5.69 Å². The van der Waals surface area contributed by atoms with Crippen molar-refractivity contribution in [3.8, 4) is 17.6 Å². The van der Waals surface area contributed by atoms with Crippen molar-refractivity contribution < 1.29 is 4.74 Å². The van der Waals surface area contributed by atoms with Crippen LogP contribution in [0.3, 0.4) is 0 Å². The molecular weight excluding hydrogens is 224 g/mol. The fourth-order valence-corrected chi connectivity index (χ4v) is 1.86. The van der Waals surface area contributed by atoms with Crippen LogP contribution in [0.4, 0.5) is 5.69 Å². The molecule has 2 aromatic rings. The third-order valence-electron chi connectivity index (χ3n) is 2.72. The van der Waals surface area contributed by atoms with Gasteiger partial charge in [0.05, 0.1) is 17.3 Å². The van der Waals surface area contributed by atoms with Crippen LogP contribution < -0.4 is 10.5 Å². The summed E-state index contributed by atoms with van der Waals surface area (Å²) in [6, 6.07) is 13.1. The molecule has 0 aromatic heterocycles. The van der Waals surface area contributed by atoms with Gasteiger partial charge in [-0.2, -0.15) is 5.26 Å². The number of para-hydroxylation sites is 2.